The van der Waals surface area contributed by atoms with Crippen LogP contribution in [0.2, 0.25) is 4.34 Å². The highest BCUT2D eigenvalue weighted by Crippen LogP contribution is 2.20. The van der Waals surface area contributed by atoms with Gasteiger partial charge in [0.05, 0.1) is 14.8 Å². The van der Waals surface area contributed by atoms with E-state index in [0.717, 1.165) is 11.3 Å². The molecule has 0 unspecified atom stereocenters. The molecule has 92 valence electrons. The first-order valence-electron chi connectivity index (χ1n) is 4.93. The number of hydrogen-bond acceptors (Lipinski definition) is 4. The number of rotatable bonds is 2. The van der Waals surface area contributed by atoms with Crippen LogP contribution in [0.4, 0.5) is 0 Å². The number of carbonyl (C=O) groups excluding carboxylic acids is 2. The zero-order valence-electron chi connectivity index (χ0n) is 9.01. The number of aromatic nitrogens is 1. The van der Waals surface area contributed by atoms with Gasteiger partial charge in [0, 0.05) is 12.4 Å². The number of thiophene rings is 1. The lowest BCUT2D eigenvalue weighted by molar-refractivity contribution is 0.0848. The van der Waals surface area contributed by atoms with Gasteiger partial charge in [-0.25, -0.2) is 0 Å². The van der Waals surface area contributed by atoms with Crippen LogP contribution in [-0.4, -0.2) is 16.8 Å². The number of nitrogens with zero attached hydrogens (tertiary/aromatic N) is 1. The van der Waals surface area contributed by atoms with Crippen LogP contribution >= 0.6 is 22.9 Å². The zero-order valence-corrected chi connectivity index (χ0v) is 10.6. The predicted molar refractivity (Wildman–Crippen MR) is 68.5 cm³/mol. The van der Waals surface area contributed by atoms with Crippen molar-refractivity contribution in [3.05, 3.63) is 51.4 Å². The van der Waals surface area contributed by atoms with Crippen molar-refractivity contribution in [1.29, 1.82) is 0 Å². The van der Waals surface area contributed by atoms with Gasteiger partial charge in [-0.2, -0.15) is 0 Å². The van der Waals surface area contributed by atoms with Crippen LogP contribution in [0.15, 0.2) is 36.7 Å². The summed E-state index contributed by atoms with van der Waals surface area (Å²) in [7, 11) is 0. The topological polar surface area (TPSA) is 71.1 Å². The summed E-state index contributed by atoms with van der Waals surface area (Å²) in [6, 6.07) is 6.43. The smallest absolute Gasteiger partial charge is 0.267 e. The minimum atomic E-state index is -0.431. The van der Waals surface area contributed by atoms with Crippen molar-refractivity contribution in [2.75, 3.05) is 0 Å². The van der Waals surface area contributed by atoms with Gasteiger partial charge in [0.25, 0.3) is 11.8 Å². The molecule has 5 nitrogen and oxygen atoms in total. The highest BCUT2D eigenvalue weighted by atomic mass is 35.5. The molecule has 0 spiro atoms. The summed E-state index contributed by atoms with van der Waals surface area (Å²) in [5.74, 6) is -0.844. The predicted octanol–water partition coefficient (Wildman–Crippen LogP) is 1.87. The number of nitrogens with one attached hydrogen (secondary N) is 2. The van der Waals surface area contributed by atoms with Crippen molar-refractivity contribution in [3.8, 4) is 0 Å². The third kappa shape index (κ3) is 3.06. The molecule has 2 heterocycles. The summed E-state index contributed by atoms with van der Waals surface area (Å²) in [4.78, 5) is 27.4. The third-order valence-electron chi connectivity index (χ3n) is 2.01. The molecule has 2 rings (SSSR count). The molecule has 0 aliphatic rings. The van der Waals surface area contributed by atoms with E-state index >= 15 is 0 Å². The van der Waals surface area contributed by atoms with E-state index in [0.29, 0.717) is 14.8 Å². The molecule has 2 aromatic rings. The molecule has 0 saturated carbocycles. The van der Waals surface area contributed by atoms with Crippen LogP contribution in [0, 0.1) is 0 Å². The van der Waals surface area contributed by atoms with E-state index in [1.165, 1.54) is 6.20 Å². The SMILES string of the molecule is O=C(NNC(=O)c1ccc(Cl)s1)c1cccnc1. The molecule has 0 aromatic carbocycles. The molecule has 0 radical (unpaired) electrons. The Balaban J connectivity index is 1.92. The maximum absolute atomic E-state index is 11.6. The van der Waals surface area contributed by atoms with E-state index in [2.05, 4.69) is 15.8 Å². The second-order valence-corrected chi connectivity index (χ2v) is 4.97. The van der Waals surface area contributed by atoms with Gasteiger partial charge in [-0.15, -0.1) is 11.3 Å². The lowest BCUT2D eigenvalue weighted by Crippen LogP contribution is -2.41. The number of carbonyl (C=O) groups is 2. The average molecular weight is 282 g/mol. The first-order valence-corrected chi connectivity index (χ1v) is 6.12. The number of pyridine rings is 1. The number of amides is 2. The third-order valence-corrected chi connectivity index (χ3v) is 3.24. The number of hydrazine groups is 1. The van der Waals surface area contributed by atoms with Gasteiger partial charge < -0.3 is 0 Å². The molecule has 0 bridgehead atoms. The number of hydrogen-bond donors (Lipinski definition) is 2. The molecule has 7 heteroatoms. The minimum Gasteiger partial charge on any atom is -0.267 e. The molecular formula is C11H8ClN3O2S. The van der Waals surface area contributed by atoms with Crippen LogP contribution in [0.1, 0.15) is 20.0 Å². The minimum absolute atomic E-state index is 0.363. The van der Waals surface area contributed by atoms with E-state index < -0.39 is 11.8 Å². The van der Waals surface area contributed by atoms with Crippen molar-refractivity contribution in [2.45, 2.75) is 0 Å². The van der Waals surface area contributed by atoms with E-state index in [4.69, 9.17) is 11.6 Å². The Hall–Kier alpha value is -1.92. The second-order valence-electron chi connectivity index (χ2n) is 3.25. The fraction of sp³-hybridized carbons (Fsp3) is 0. The Labute approximate surface area is 112 Å². The van der Waals surface area contributed by atoms with Crippen LogP contribution < -0.4 is 10.9 Å². The van der Waals surface area contributed by atoms with E-state index in [-0.39, 0.29) is 0 Å². The quantitative estimate of drug-likeness (QED) is 0.826. The summed E-state index contributed by atoms with van der Waals surface area (Å²) in [5, 5.41) is 0. The van der Waals surface area contributed by atoms with Crippen molar-refractivity contribution >= 4 is 34.8 Å². The first-order chi connectivity index (χ1) is 8.66. The largest absolute Gasteiger partial charge is 0.279 e. The van der Waals surface area contributed by atoms with Gasteiger partial charge in [0.1, 0.15) is 0 Å². The Morgan fingerprint density at radius 2 is 1.94 bits per heavy atom. The van der Waals surface area contributed by atoms with Crippen molar-refractivity contribution in [1.82, 2.24) is 15.8 Å². The maximum Gasteiger partial charge on any atom is 0.279 e. The van der Waals surface area contributed by atoms with Crippen LogP contribution in [0.5, 0.6) is 0 Å². The summed E-state index contributed by atoms with van der Waals surface area (Å²) < 4.78 is 0.513. The molecule has 2 aromatic heterocycles. The van der Waals surface area contributed by atoms with Crippen LogP contribution in [-0.2, 0) is 0 Å². The van der Waals surface area contributed by atoms with Crippen LogP contribution in [0.25, 0.3) is 0 Å². The van der Waals surface area contributed by atoms with Gasteiger partial charge in [-0.3, -0.25) is 25.4 Å². The van der Waals surface area contributed by atoms with Gasteiger partial charge in [-0.1, -0.05) is 11.6 Å². The second kappa shape index (κ2) is 5.61. The molecule has 2 amide bonds. The summed E-state index contributed by atoms with van der Waals surface area (Å²) in [6.45, 7) is 0. The standard InChI is InChI=1S/C11H8ClN3O2S/c12-9-4-3-8(18-9)11(17)15-14-10(16)7-2-1-5-13-6-7/h1-6H,(H,14,16)(H,15,17). The fourth-order valence-electron chi connectivity index (χ4n) is 1.18. The van der Waals surface area contributed by atoms with E-state index in [1.807, 2.05) is 0 Å². The van der Waals surface area contributed by atoms with Gasteiger partial charge in [-0.05, 0) is 24.3 Å². The van der Waals surface area contributed by atoms with Gasteiger partial charge >= 0.3 is 0 Å². The van der Waals surface area contributed by atoms with Crippen LogP contribution in [0.3, 0.4) is 0 Å². The maximum atomic E-state index is 11.6. The Morgan fingerprint density at radius 3 is 2.56 bits per heavy atom. The van der Waals surface area contributed by atoms with E-state index in [9.17, 15) is 9.59 Å². The summed E-state index contributed by atoms with van der Waals surface area (Å²) in [6.07, 6.45) is 2.96. The molecule has 0 atom stereocenters. The molecule has 0 fully saturated rings. The molecule has 0 saturated heterocycles. The molecule has 18 heavy (non-hydrogen) atoms. The van der Waals surface area contributed by atoms with Crippen molar-refractivity contribution < 1.29 is 9.59 Å². The highest BCUT2D eigenvalue weighted by Gasteiger charge is 2.10. The first kappa shape index (κ1) is 12.5. The Bertz CT molecular complexity index is 571. The highest BCUT2D eigenvalue weighted by molar-refractivity contribution is 7.17. The monoisotopic (exact) mass is 281 g/mol. The molecular weight excluding hydrogens is 274 g/mol. The normalized spacial score (nSPS) is 9.83. The summed E-state index contributed by atoms with van der Waals surface area (Å²) in [5.41, 5.74) is 4.95. The zero-order chi connectivity index (χ0) is 13.0. The number of halogens is 1. The molecule has 2 N–H and O–H groups in total. The Morgan fingerprint density at radius 1 is 1.17 bits per heavy atom. The lowest BCUT2D eigenvalue weighted by atomic mass is 10.3. The summed E-state index contributed by atoms with van der Waals surface area (Å²) >= 11 is 6.84. The lowest BCUT2D eigenvalue weighted by Gasteiger charge is -2.05. The van der Waals surface area contributed by atoms with Gasteiger partial charge in [0.2, 0.25) is 0 Å². The molecule has 0 aliphatic carbocycles. The van der Waals surface area contributed by atoms with Crippen molar-refractivity contribution in [3.63, 3.8) is 0 Å². The molecule has 0 aliphatic heterocycles. The Kier molecular flexibility index (Phi) is 3.91. The van der Waals surface area contributed by atoms with E-state index in [1.54, 1.807) is 30.5 Å². The van der Waals surface area contributed by atoms with Gasteiger partial charge in [0.15, 0.2) is 0 Å². The average Bonchev–Trinajstić information content (AvgIpc) is 2.83. The fourth-order valence-corrected chi connectivity index (χ4v) is 2.12. The van der Waals surface area contributed by atoms with Crippen molar-refractivity contribution in [2.24, 2.45) is 0 Å².